The van der Waals surface area contributed by atoms with Gasteiger partial charge in [0.05, 0.1) is 12.2 Å². The predicted molar refractivity (Wildman–Crippen MR) is 54.0 cm³/mol. The van der Waals surface area contributed by atoms with E-state index in [0.717, 1.165) is 25.7 Å². The summed E-state index contributed by atoms with van der Waals surface area (Å²) in [5.74, 6) is 0. The molecule has 0 saturated heterocycles. The van der Waals surface area contributed by atoms with Crippen molar-refractivity contribution in [2.45, 2.75) is 58.2 Å². The quantitative estimate of drug-likeness (QED) is 0.743. The maximum absolute atomic E-state index is 11.4. The molecule has 0 bridgehead atoms. The van der Waals surface area contributed by atoms with Crippen molar-refractivity contribution >= 4 is 7.82 Å². The molecule has 1 atom stereocenters. The van der Waals surface area contributed by atoms with Crippen LogP contribution in [0.15, 0.2) is 0 Å². The molecule has 0 aromatic rings. The van der Waals surface area contributed by atoms with Crippen molar-refractivity contribution in [1.82, 2.24) is 0 Å². The molecular formula is C9H19O4P. The van der Waals surface area contributed by atoms with Gasteiger partial charge in [-0.15, -0.1) is 0 Å². The van der Waals surface area contributed by atoms with Gasteiger partial charge in [-0.05, 0) is 26.7 Å². The van der Waals surface area contributed by atoms with Gasteiger partial charge in [-0.1, -0.05) is 19.3 Å². The van der Waals surface area contributed by atoms with Crippen LogP contribution in [0.1, 0.15) is 46.0 Å². The molecular weight excluding hydrogens is 203 g/mol. The zero-order valence-electron chi connectivity index (χ0n) is 8.81. The second-order valence-electron chi connectivity index (χ2n) is 3.99. The second kappa shape index (κ2) is 5.26. The highest BCUT2D eigenvalue weighted by molar-refractivity contribution is 7.47. The lowest BCUT2D eigenvalue weighted by atomic mass is 9.98. The molecule has 0 aliphatic heterocycles. The fourth-order valence-corrected chi connectivity index (χ4v) is 2.82. The first kappa shape index (κ1) is 12.2. The molecule has 0 heterocycles. The molecule has 0 aromatic heterocycles. The number of hydrogen-bond acceptors (Lipinski definition) is 3. The summed E-state index contributed by atoms with van der Waals surface area (Å²) in [6, 6.07) is 0. The van der Waals surface area contributed by atoms with Crippen LogP contribution < -0.4 is 0 Å². The summed E-state index contributed by atoms with van der Waals surface area (Å²) in [5, 5.41) is 0. The third-order valence-corrected chi connectivity index (χ3v) is 3.43. The van der Waals surface area contributed by atoms with E-state index in [4.69, 9.17) is 9.05 Å². The Labute approximate surface area is 85.2 Å². The fraction of sp³-hybridized carbons (Fsp3) is 1.00. The lowest BCUT2D eigenvalue weighted by Crippen LogP contribution is -2.16. The minimum absolute atomic E-state index is 0.0988. The van der Waals surface area contributed by atoms with E-state index in [9.17, 15) is 9.46 Å². The Morgan fingerprint density at radius 2 is 1.86 bits per heavy atom. The summed E-state index contributed by atoms with van der Waals surface area (Å²) < 4.78 is 21.3. The molecule has 1 aliphatic carbocycles. The third kappa shape index (κ3) is 4.56. The highest BCUT2D eigenvalue weighted by atomic mass is 31.2. The van der Waals surface area contributed by atoms with Crippen molar-refractivity contribution in [2.24, 2.45) is 0 Å². The van der Waals surface area contributed by atoms with Crippen molar-refractivity contribution in [2.75, 3.05) is 0 Å². The van der Waals surface area contributed by atoms with Gasteiger partial charge in [-0.3, -0.25) is 9.05 Å². The van der Waals surface area contributed by atoms with E-state index in [1.165, 1.54) is 6.42 Å². The predicted octanol–water partition coefficient (Wildman–Crippen LogP) is 2.86. The van der Waals surface area contributed by atoms with Crippen molar-refractivity contribution in [3.05, 3.63) is 0 Å². The van der Waals surface area contributed by atoms with Gasteiger partial charge in [-0.2, -0.15) is 0 Å². The Bertz CT molecular complexity index is 211. The molecule has 0 spiro atoms. The highest BCUT2D eigenvalue weighted by Crippen LogP contribution is 2.47. The largest absolute Gasteiger partial charge is 0.472 e. The second-order valence-corrected chi connectivity index (χ2v) is 5.35. The highest BCUT2D eigenvalue weighted by Gasteiger charge is 2.28. The van der Waals surface area contributed by atoms with Crippen molar-refractivity contribution in [3.63, 3.8) is 0 Å². The normalized spacial score (nSPS) is 23.7. The molecule has 1 unspecified atom stereocenters. The van der Waals surface area contributed by atoms with Crippen LogP contribution in [-0.2, 0) is 13.6 Å². The molecule has 84 valence electrons. The standard InChI is InChI=1S/C9H19O4P/c1-8(2)12-14(10,11)13-9-6-4-3-5-7-9/h8-9H,3-7H2,1-2H3,(H,10,11). The van der Waals surface area contributed by atoms with Gasteiger partial charge in [-0.25, -0.2) is 4.57 Å². The van der Waals surface area contributed by atoms with Crippen LogP contribution in [0.2, 0.25) is 0 Å². The van der Waals surface area contributed by atoms with E-state index in [1.807, 2.05) is 0 Å². The first-order valence-electron chi connectivity index (χ1n) is 5.19. The lowest BCUT2D eigenvalue weighted by Gasteiger charge is -2.24. The van der Waals surface area contributed by atoms with Gasteiger partial charge < -0.3 is 4.89 Å². The van der Waals surface area contributed by atoms with Gasteiger partial charge in [0, 0.05) is 0 Å². The number of hydrogen-bond donors (Lipinski definition) is 1. The van der Waals surface area contributed by atoms with Crippen LogP contribution in [0.3, 0.4) is 0 Å². The average molecular weight is 222 g/mol. The summed E-state index contributed by atoms with van der Waals surface area (Å²) >= 11 is 0. The van der Waals surface area contributed by atoms with Crippen molar-refractivity contribution in [3.8, 4) is 0 Å². The van der Waals surface area contributed by atoms with Gasteiger partial charge in [0.2, 0.25) is 0 Å². The Kier molecular flexibility index (Phi) is 4.58. The fourth-order valence-electron chi connectivity index (χ4n) is 1.65. The monoisotopic (exact) mass is 222 g/mol. The summed E-state index contributed by atoms with van der Waals surface area (Å²) in [4.78, 5) is 9.35. The minimum atomic E-state index is -3.82. The van der Waals surface area contributed by atoms with E-state index in [2.05, 4.69) is 0 Å². The number of phosphoric acid groups is 1. The maximum atomic E-state index is 11.4. The lowest BCUT2D eigenvalue weighted by molar-refractivity contribution is 0.0681. The Morgan fingerprint density at radius 3 is 2.36 bits per heavy atom. The van der Waals surface area contributed by atoms with Gasteiger partial charge in [0.25, 0.3) is 0 Å². The van der Waals surface area contributed by atoms with E-state index < -0.39 is 7.82 Å². The molecule has 5 heteroatoms. The molecule has 1 saturated carbocycles. The van der Waals surface area contributed by atoms with Crippen LogP contribution >= 0.6 is 7.82 Å². The Morgan fingerprint density at radius 1 is 1.29 bits per heavy atom. The zero-order valence-corrected chi connectivity index (χ0v) is 9.70. The third-order valence-electron chi connectivity index (χ3n) is 2.18. The van der Waals surface area contributed by atoms with E-state index in [0.29, 0.717) is 0 Å². The smallest absolute Gasteiger partial charge is 0.302 e. The first-order valence-corrected chi connectivity index (χ1v) is 6.69. The molecule has 14 heavy (non-hydrogen) atoms. The average Bonchev–Trinajstić information content (AvgIpc) is 2.02. The molecule has 1 fully saturated rings. The van der Waals surface area contributed by atoms with Crippen molar-refractivity contribution < 1.29 is 18.5 Å². The van der Waals surface area contributed by atoms with E-state index in [1.54, 1.807) is 13.8 Å². The van der Waals surface area contributed by atoms with Crippen LogP contribution in [0.4, 0.5) is 0 Å². The van der Waals surface area contributed by atoms with Gasteiger partial charge in [0.15, 0.2) is 0 Å². The van der Waals surface area contributed by atoms with Crippen LogP contribution in [-0.4, -0.2) is 17.1 Å². The van der Waals surface area contributed by atoms with Crippen LogP contribution in [0.5, 0.6) is 0 Å². The SMILES string of the molecule is CC(C)OP(=O)(O)OC1CCCCC1. The van der Waals surface area contributed by atoms with E-state index >= 15 is 0 Å². The topological polar surface area (TPSA) is 55.8 Å². The molecule has 0 amide bonds. The van der Waals surface area contributed by atoms with Crippen LogP contribution in [0, 0.1) is 0 Å². The summed E-state index contributed by atoms with van der Waals surface area (Å²) in [5.41, 5.74) is 0. The summed E-state index contributed by atoms with van der Waals surface area (Å²) in [6.45, 7) is 3.43. The minimum Gasteiger partial charge on any atom is -0.302 e. The zero-order chi connectivity index (χ0) is 10.6. The molecule has 0 aromatic carbocycles. The Hall–Kier alpha value is 0.110. The number of phosphoric ester groups is 1. The molecule has 0 radical (unpaired) electrons. The summed E-state index contributed by atoms with van der Waals surface area (Å²) in [7, 11) is -3.82. The molecule has 4 nitrogen and oxygen atoms in total. The summed E-state index contributed by atoms with van der Waals surface area (Å²) in [6.07, 6.45) is 4.70. The molecule has 1 rings (SSSR count). The maximum Gasteiger partial charge on any atom is 0.472 e. The van der Waals surface area contributed by atoms with Gasteiger partial charge >= 0.3 is 7.82 Å². The van der Waals surface area contributed by atoms with Gasteiger partial charge in [0.1, 0.15) is 0 Å². The molecule has 1 N–H and O–H groups in total. The molecule has 1 aliphatic rings. The number of rotatable bonds is 4. The van der Waals surface area contributed by atoms with E-state index in [-0.39, 0.29) is 12.2 Å². The first-order chi connectivity index (χ1) is 6.49. The van der Waals surface area contributed by atoms with Crippen LogP contribution in [0.25, 0.3) is 0 Å². The van der Waals surface area contributed by atoms with Crippen molar-refractivity contribution in [1.29, 1.82) is 0 Å². The Balaban J connectivity index is 2.36.